The Balaban J connectivity index is 2.84. The van der Waals surface area contributed by atoms with Gasteiger partial charge in [-0.05, 0) is 23.7 Å². The standard InChI is InChI=1S/C16H30N2O2/c1-11(2)9-13-15(20)18(8-7-14(19)17-13)10-16(5,6)12(3)4/h11-13H,7-10H2,1-6H3,(H,17,19). The van der Waals surface area contributed by atoms with E-state index in [2.05, 4.69) is 46.9 Å². The van der Waals surface area contributed by atoms with Crippen molar-refractivity contribution in [3.8, 4) is 0 Å². The predicted molar refractivity (Wildman–Crippen MR) is 81.2 cm³/mol. The fourth-order valence-corrected chi connectivity index (χ4v) is 2.36. The second-order valence-corrected chi connectivity index (χ2v) is 7.40. The lowest BCUT2D eigenvalue weighted by atomic mass is 9.80. The second kappa shape index (κ2) is 6.59. The quantitative estimate of drug-likeness (QED) is 0.842. The number of hydrogen-bond acceptors (Lipinski definition) is 2. The molecule has 0 bridgehead atoms. The Morgan fingerprint density at radius 2 is 1.85 bits per heavy atom. The van der Waals surface area contributed by atoms with Gasteiger partial charge in [0.25, 0.3) is 0 Å². The first kappa shape index (κ1) is 17.0. The molecule has 0 spiro atoms. The fraction of sp³-hybridized carbons (Fsp3) is 0.875. The van der Waals surface area contributed by atoms with Crippen LogP contribution >= 0.6 is 0 Å². The van der Waals surface area contributed by atoms with Crippen LogP contribution in [-0.2, 0) is 9.59 Å². The third kappa shape index (κ3) is 4.50. The Morgan fingerprint density at radius 3 is 2.35 bits per heavy atom. The van der Waals surface area contributed by atoms with Gasteiger partial charge in [-0.25, -0.2) is 0 Å². The highest BCUT2D eigenvalue weighted by Gasteiger charge is 2.34. The van der Waals surface area contributed by atoms with Crippen LogP contribution in [0.1, 0.15) is 54.4 Å². The molecule has 1 aliphatic heterocycles. The van der Waals surface area contributed by atoms with E-state index in [0.29, 0.717) is 37.8 Å². The van der Waals surface area contributed by atoms with Gasteiger partial charge in [0.15, 0.2) is 0 Å². The minimum atomic E-state index is -0.354. The lowest BCUT2D eigenvalue weighted by molar-refractivity contribution is -0.135. The van der Waals surface area contributed by atoms with E-state index in [1.165, 1.54) is 0 Å². The van der Waals surface area contributed by atoms with Crippen LogP contribution in [0.25, 0.3) is 0 Å². The summed E-state index contributed by atoms with van der Waals surface area (Å²) < 4.78 is 0. The van der Waals surface area contributed by atoms with Crippen molar-refractivity contribution in [1.82, 2.24) is 10.2 Å². The van der Waals surface area contributed by atoms with Crippen LogP contribution in [0.5, 0.6) is 0 Å². The Kier molecular flexibility index (Phi) is 5.60. The van der Waals surface area contributed by atoms with Crippen LogP contribution in [0, 0.1) is 17.3 Å². The van der Waals surface area contributed by atoms with Gasteiger partial charge < -0.3 is 10.2 Å². The summed E-state index contributed by atoms with van der Waals surface area (Å²) in [7, 11) is 0. The molecule has 1 rings (SSSR count). The monoisotopic (exact) mass is 282 g/mol. The summed E-state index contributed by atoms with van der Waals surface area (Å²) in [5.74, 6) is 0.959. The average Bonchev–Trinajstić information content (AvgIpc) is 2.42. The summed E-state index contributed by atoms with van der Waals surface area (Å²) in [6.07, 6.45) is 1.12. The maximum Gasteiger partial charge on any atom is 0.245 e. The molecule has 1 heterocycles. The number of nitrogens with zero attached hydrogens (tertiary/aromatic N) is 1. The summed E-state index contributed by atoms with van der Waals surface area (Å²) in [6, 6.07) is -0.354. The molecule has 4 heteroatoms. The Morgan fingerprint density at radius 1 is 1.25 bits per heavy atom. The molecule has 116 valence electrons. The molecule has 1 fully saturated rings. The van der Waals surface area contributed by atoms with Gasteiger partial charge in [0.2, 0.25) is 11.8 Å². The summed E-state index contributed by atoms with van der Waals surface area (Å²) >= 11 is 0. The summed E-state index contributed by atoms with van der Waals surface area (Å²) in [6.45, 7) is 14.1. The van der Waals surface area contributed by atoms with E-state index in [-0.39, 0.29) is 23.3 Å². The first-order valence-electron chi connectivity index (χ1n) is 7.71. The normalized spacial score (nSPS) is 21.4. The molecule has 0 aromatic rings. The first-order valence-corrected chi connectivity index (χ1v) is 7.71. The number of hydrogen-bond donors (Lipinski definition) is 1. The molecular weight excluding hydrogens is 252 g/mol. The van der Waals surface area contributed by atoms with Crippen molar-refractivity contribution in [3.05, 3.63) is 0 Å². The highest BCUT2D eigenvalue weighted by molar-refractivity contribution is 5.89. The molecule has 1 saturated heterocycles. The van der Waals surface area contributed by atoms with E-state index < -0.39 is 0 Å². The fourth-order valence-electron chi connectivity index (χ4n) is 2.36. The SMILES string of the molecule is CC(C)CC1NC(=O)CCN(CC(C)(C)C(C)C)C1=O. The maximum atomic E-state index is 12.6. The van der Waals surface area contributed by atoms with Crippen molar-refractivity contribution in [3.63, 3.8) is 0 Å². The molecule has 0 saturated carbocycles. The number of nitrogens with one attached hydrogen (secondary N) is 1. The third-order valence-corrected chi connectivity index (χ3v) is 4.42. The van der Waals surface area contributed by atoms with E-state index in [1.807, 2.05) is 4.90 Å². The predicted octanol–water partition coefficient (Wildman–Crippen LogP) is 2.43. The molecule has 0 radical (unpaired) electrons. The van der Waals surface area contributed by atoms with Gasteiger partial charge >= 0.3 is 0 Å². The summed E-state index contributed by atoms with van der Waals surface area (Å²) in [4.78, 5) is 26.3. The molecule has 1 unspecified atom stereocenters. The van der Waals surface area contributed by atoms with E-state index in [4.69, 9.17) is 0 Å². The van der Waals surface area contributed by atoms with Gasteiger partial charge in [-0.2, -0.15) is 0 Å². The molecular formula is C16H30N2O2. The average molecular weight is 282 g/mol. The molecule has 0 aromatic carbocycles. The van der Waals surface area contributed by atoms with Crippen LogP contribution < -0.4 is 5.32 Å². The Bertz CT molecular complexity index is 361. The van der Waals surface area contributed by atoms with Gasteiger partial charge in [0.05, 0.1) is 0 Å². The molecule has 1 aliphatic rings. The number of rotatable bonds is 5. The Hall–Kier alpha value is -1.06. The highest BCUT2D eigenvalue weighted by Crippen LogP contribution is 2.28. The number of carbonyl (C=O) groups is 2. The summed E-state index contributed by atoms with van der Waals surface area (Å²) in [5, 5.41) is 2.87. The smallest absolute Gasteiger partial charge is 0.245 e. The van der Waals surface area contributed by atoms with Gasteiger partial charge in [-0.15, -0.1) is 0 Å². The number of carbonyl (C=O) groups excluding carboxylic acids is 2. The van der Waals surface area contributed by atoms with E-state index in [9.17, 15) is 9.59 Å². The van der Waals surface area contributed by atoms with Crippen molar-refractivity contribution in [1.29, 1.82) is 0 Å². The largest absolute Gasteiger partial charge is 0.344 e. The number of amides is 2. The van der Waals surface area contributed by atoms with Crippen LogP contribution in [0.2, 0.25) is 0 Å². The van der Waals surface area contributed by atoms with Crippen molar-refractivity contribution in [2.24, 2.45) is 17.3 Å². The Labute approximate surface area is 123 Å². The van der Waals surface area contributed by atoms with Crippen LogP contribution in [0.3, 0.4) is 0 Å². The first-order chi connectivity index (χ1) is 9.13. The van der Waals surface area contributed by atoms with Crippen LogP contribution in [0.4, 0.5) is 0 Å². The van der Waals surface area contributed by atoms with Crippen molar-refractivity contribution >= 4 is 11.8 Å². The minimum absolute atomic E-state index is 0.00569. The van der Waals surface area contributed by atoms with E-state index >= 15 is 0 Å². The molecule has 0 aliphatic carbocycles. The zero-order valence-corrected chi connectivity index (χ0v) is 13.8. The van der Waals surface area contributed by atoms with Crippen molar-refractivity contribution < 1.29 is 9.59 Å². The highest BCUT2D eigenvalue weighted by atomic mass is 16.2. The molecule has 20 heavy (non-hydrogen) atoms. The zero-order chi connectivity index (χ0) is 15.5. The van der Waals surface area contributed by atoms with E-state index in [0.717, 1.165) is 0 Å². The molecule has 1 atom stereocenters. The van der Waals surface area contributed by atoms with Gasteiger partial charge in [0.1, 0.15) is 6.04 Å². The van der Waals surface area contributed by atoms with Gasteiger partial charge in [0, 0.05) is 19.5 Å². The van der Waals surface area contributed by atoms with Crippen LogP contribution in [-0.4, -0.2) is 35.8 Å². The molecule has 4 nitrogen and oxygen atoms in total. The van der Waals surface area contributed by atoms with Crippen LogP contribution in [0.15, 0.2) is 0 Å². The lowest BCUT2D eigenvalue weighted by Gasteiger charge is -2.36. The van der Waals surface area contributed by atoms with Gasteiger partial charge in [-0.1, -0.05) is 41.5 Å². The van der Waals surface area contributed by atoms with Crippen molar-refractivity contribution in [2.75, 3.05) is 13.1 Å². The van der Waals surface area contributed by atoms with E-state index in [1.54, 1.807) is 0 Å². The molecule has 1 N–H and O–H groups in total. The minimum Gasteiger partial charge on any atom is -0.344 e. The third-order valence-electron chi connectivity index (χ3n) is 4.42. The lowest BCUT2D eigenvalue weighted by Crippen LogP contribution is -2.48. The summed E-state index contributed by atoms with van der Waals surface area (Å²) in [5.41, 5.74) is 0.0609. The van der Waals surface area contributed by atoms with Crippen molar-refractivity contribution in [2.45, 2.75) is 60.4 Å². The van der Waals surface area contributed by atoms with Gasteiger partial charge in [-0.3, -0.25) is 9.59 Å². The second-order valence-electron chi connectivity index (χ2n) is 7.40. The molecule has 2 amide bonds. The maximum absolute atomic E-state index is 12.6. The molecule has 0 aromatic heterocycles. The zero-order valence-electron chi connectivity index (χ0n) is 13.8. The topological polar surface area (TPSA) is 49.4 Å².